The fourth-order valence-corrected chi connectivity index (χ4v) is 1.91. The Labute approximate surface area is 119 Å². The van der Waals surface area contributed by atoms with Crippen LogP contribution in [-0.4, -0.2) is 48.5 Å². The number of amides is 1. The molecule has 0 spiro atoms. The topological polar surface area (TPSA) is 71.5 Å². The van der Waals surface area contributed by atoms with E-state index < -0.39 is 12.0 Å². The number of esters is 1. The second-order valence-corrected chi connectivity index (χ2v) is 4.74. The van der Waals surface area contributed by atoms with Crippen LogP contribution < -0.4 is 5.32 Å². The van der Waals surface area contributed by atoms with Gasteiger partial charge in [0.25, 0.3) is 0 Å². The molecule has 1 rings (SSSR count). The number of hydrogen-bond acceptors (Lipinski definition) is 5. The zero-order valence-electron chi connectivity index (χ0n) is 12.3. The van der Waals surface area contributed by atoms with Gasteiger partial charge in [0.05, 0.1) is 12.8 Å². The van der Waals surface area contributed by atoms with Gasteiger partial charge in [0.1, 0.15) is 6.04 Å². The molecule has 1 heterocycles. The lowest BCUT2D eigenvalue weighted by atomic mass is 10.2. The van der Waals surface area contributed by atoms with Gasteiger partial charge in [0.2, 0.25) is 5.91 Å². The van der Waals surface area contributed by atoms with Gasteiger partial charge in [0, 0.05) is 25.7 Å². The highest BCUT2D eigenvalue weighted by molar-refractivity contribution is 5.83. The molecule has 1 amide bonds. The van der Waals surface area contributed by atoms with E-state index in [-0.39, 0.29) is 5.91 Å². The summed E-state index contributed by atoms with van der Waals surface area (Å²) in [7, 11) is 3.17. The number of nitrogens with zero attached hydrogens (tertiary/aromatic N) is 2. The molecule has 0 bridgehead atoms. The third-order valence-corrected chi connectivity index (χ3v) is 2.74. The lowest BCUT2D eigenvalue weighted by molar-refractivity contribution is -0.145. The molecule has 1 N–H and O–H groups in total. The smallest absolute Gasteiger partial charge is 0.329 e. The highest BCUT2D eigenvalue weighted by atomic mass is 16.5. The Morgan fingerprint density at radius 3 is 2.70 bits per heavy atom. The van der Waals surface area contributed by atoms with E-state index in [1.807, 2.05) is 37.1 Å². The molecule has 1 aromatic heterocycles. The lowest BCUT2D eigenvalue weighted by Crippen LogP contribution is -2.47. The molecule has 110 valence electrons. The lowest BCUT2D eigenvalue weighted by Gasteiger charge is -2.22. The van der Waals surface area contributed by atoms with Gasteiger partial charge in [-0.05, 0) is 26.1 Å². The summed E-state index contributed by atoms with van der Waals surface area (Å²) in [6, 6.07) is 5.12. The van der Waals surface area contributed by atoms with Crippen molar-refractivity contribution in [1.29, 1.82) is 0 Å². The first-order valence-electron chi connectivity index (χ1n) is 6.38. The zero-order chi connectivity index (χ0) is 15.1. The maximum absolute atomic E-state index is 11.6. The van der Waals surface area contributed by atoms with Gasteiger partial charge < -0.3 is 10.1 Å². The Bertz CT molecular complexity index is 476. The molecule has 6 heteroatoms. The van der Waals surface area contributed by atoms with Gasteiger partial charge in [0.15, 0.2) is 0 Å². The summed E-state index contributed by atoms with van der Waals surface area (Å²) in [6.07, 6.45) is 0. The number of nitrogens with one attached hydrogen (secondary N) is 1. The van der Waals surface area contributed by atoms with E-state index in [1.165, 1.54) is 14.0 Å². The number of aromatic nitrogens is 1. The van der Waals surface area contributed by atoms with Crippen molar-refractivity contribution in [3.05, 3.63) is 29.6 Å². The van der Waals surface area contributed by atoms with Crippen LogP contribution in [0.5, 0.6) is 0 Å². The minimum absolute atomic E-state index is 0.262. The van der Waals surface area contributed by atoms with Gasteiger partial charge in [-0.15, -0.1) is 0 Å². The predicted molar refractivity (Wildman–Crippen MR) is 74.9 cm³/mol. The van der Waals surface area contributed by atoms with E-state index in [4.69, 9.17) is 0 Å². The largest absolute Gasteiger partial charge is 0.467 e. The quantitative estimate of drug-likeness (QED) is 0.768. The molecule has 0 aliphatic rings. The molecule has 0 aliphatic carbocycles. The average molecular weight is 279 g/mol. The number of methoxy groups -OCH3 is 1. The van der Waals surface area contributed by atoms with Crippen LogP contribution >= 0.6 is 0 Å². The number of aryl methyl sites for hydroxylation is 1. The number of rotatable bonds is 6. The monoisotopic (exact) mass is 279 g/mol. The van der Waals surface area contributed by atoms with Crippen LogP contribution in [0.4, 0.5) is 0 Å². The van der Waals surface area contributed by atoms with E-state index >= 15 is 0 Å². The molecule has 6 nitrogen and oxygen atoms in total. The number of carbonyl (C=O) groups excluding carboxylic acids is 2. The maximum Gasteiger partial charge on any atom is 0.329 e. The normalized spacial score (nSPS) is 12.1. The summed E-state index contributed by atoms with van der Waals surface area (Å²) < 4.78 is 4.69. The molecular formula is C14H21N3O3. The minimum Gasteiger partial charge on any atom is -0.467 e. The zero-order valence-corrected chi connectivity index (χ0v) is 12.3. The van der Waals surface area contributed by atoms with E-state index in [2.05, 4.69) is 15.0 Å². The van der Waals surface area contributed by atoms with Gasteiger partial charge >= 0.3 is 5.97 Å². The standard InChI is InChI=1S/C14H21N3O3/c1-10-6-5-7-12(15-10)8-17(3)9-13(14(19)20-4)16-11(2)18/h5-7,13H,8-9H2,1-4H3,(H,16,18). The second-order valence-electron chi connectivity index (χ2n) is 4.74. The summed E-state index contributed by atoms with van der Waals surface area (Å²) >= 11 is 0. The van der Waals surface area contributed by atoms with Crippen LogP contribution in [0, 0.1) is 6.92 Å². The van der Waals surface area contributed by atoms with Crippen molar-refractivity contribution in [2.24, 2.45) is 0 Å². The van der Waals surface area contributed by atoms with Crippen LogP contribution in [-0.2, 0) is 20.9 Å². The Balaban J connectivity index is 2.63. The molecule has 0 saturated carbocycles. The third-order valence-electron chi connectivity index (χ3n) is 2.74. The first-order valence-corrected chi connectivity index (χ1v) is 6.38. The first-order chi connectivity index (χ1) is 9.42. The first kappa shape index (κ1) is 16.1. The second kappa shape index (κ2) is 7.59. The molecule has 0 aromatic carbocycles. The number of pyridine rings is 1. The number of carbonyl (C=O) groups is 2. The molecule has 1 atom stereocenters. The molecular weight excluding hydrogens is 258 g/mol. The van der Waals surface area contributed by atoms with Crippen molar-refractivity contribution in [3.63, 3.8) is 0 Å². The summed E-state index contributed by atoms with van der Waals surface area (Å²) in [4.78, 5) is 29.0. The van der Waals surface area contributed by atoms with Crippen LogP contribution in [0.15, 0.2) is 18.2 Å². The Morgan fingerprint density at radius 1 is 1.45 bits per heavy atom. The molecule has 0 fully saturated rings. The van der Waals surface area contributed by atoms with Crippen LogP contribution in [0.1, 0.15) is 18.3 Å². The Kier molecular flexibility index (Phi) is 6.11. The van der Waals surface area contributed by atoms with Gasteiger partial charge in [-0.25, -0.2) is 4.79 Å². The van der Waals surface area contributed by atoms with Crippen molar-refractivity contribution in [1.82, 2.24) is 15.2 Å². The van der Waals surface area contributed by atoms with Crippen molar-refractivity contribution < 1.29 is 14.3 Å². The van der Waals surface area contributed by atoms with E-state index in [9.17, 15) is 9.59 Å². The van der Waals surface area contributed by atoms with Gasteiger partial charge in [-0.1, -0.05) is 6.07 Å². The van der Waals surface area contributed by atoms with Crippen molar-refractivity contribution in [3.8, 4) is 0 Å². The van der Waals surface area contributed by atoms with Crippen molar-refractivity contribution in [2.45, 2.75) is 26.4 Å². The number of hydrogen-bond donors (Lipinski definition) is 1. The number of likely N-dealkylation sites (N-methyl/N-ethyl adjacent to an activating group) is 1. The average Bonchev–Trinajstić information content (AvgIpc) is 2.36. The Morgan fingerprint density at radius 2 is 2.15 bits per heavy atom. The van der Waals surface area contributed by atoms with Gasteiger partial charge in [-0.2, -0.15) is 0 Å². The van der Waals surface area contributed by atoms with Crippen LogP contribution in [0.2, 0.25) is 0 Å². The molecule has 0 aliphatic heterocycles. The number of ether oxygens (including phenoxy) is 1. The van der Waals surface area contributed by atoms with E-state index in [0.29, 0.717) is 13.1 Å². The highest BCUT2D eigenvalue weighted by Crippen LogP contribution is 2.03. The minimum atomic E-state index is -0.674. The maximum atomic E-state index is 11.6. The third kappa shape index (κ3) is 5.36. The van der Waals surface area contributed by atoms with E-state index in [0.717, 1.165) is 11.4 Å². The van der Waals surface area contributed by atoms with Crippen LogP contribution in [0.25, 0.3) is 0 Å². The molecule has 1 aromatic rings. The predicted octanol–water partition coefficient (Wildman–Crippen LogP) is 0.500. The summed E-state index contributed by atoms with van der Waals surface area (Å²) in [6.45, 7) is 4.26. The fourth-order valence-electron chi connectivity index (χ4n) is 1.91. The molecule has 0 radical (unpaired) electrons. The summed E-state index contributed by atoms with van der Waals surface area (Å²) in [5.41, 5.74) is 1.86. The van der Waals surface area contributed by atoms with E-state index in [1.54, 1.807) is 0 Å². The highest BCUT2D eigenvalue weighted by Gasteiger charge is 2.21. The molecule has 1 unspecified atom stereocenters. The van der Waals surface area contributed by atoms with Gasteiger partial charge in [-0.3, -0.25) is 14.7 Å². The fraction of sp³-hybridized carbons (Fsp3) is 0.500. The Hall–Kier alpha value is -1.95. The van der Waals surface area contributed by atoms with Crippen molar-refractivity contribution in [2.75, 3.05) is 20.7 Å². The SMILES string of the molecule is COC(=O)C(CN(C)Cc1cccc(C)n1)NC(C)=O. The summed E-state index contributed by atoms with van der Waals surface area (Å²) in [5.74, 6) is -0.716. The van der Waals surface area contributed by atoms with Crippen LogP contribution in [0.3, 0.4) is 0 Å². The summed E-state index contributed by atoms with van der Waals surface area (Å²) in [5, 5.41) is 2.58. The van der Waals surface area contributed by atoms with Crippen molar-refractivity contribution >= 4 is 11.9 Å². The molecule has 20 heavy (non-hydrogen) atoms. The molecule has 0 saturated heterocycles.